The molecule has 1 aromatic carbocycles. The molecule has 0 aliphatic carbocycles. The van der Waals surface area contributed by atoms with Crippen LogP contribution in [0.15, 0.2) is 30.5 Å². The number of rotatable bonds is 6. The Balaban J connectivity index is 2.10. The summed E-state index contributed by atoms with van der Waals surface area (Å²) >= 11 is 0. The van der Waals surface area contributed by atoms with Crippen LogP contribution in [-0.4, -0.2) is 29.8 Å². The van der Waals surface area contributed by atoms with Crippen LogP contribution in [0.25, 0.3) is 0 Å². The minimum Gasteiger partial charge on any atom is -0.383 e. The number of hydrogen-bond donors (Lipinski definition) is 1. The van der Waals surface area contributed by atoms with Crippen LogP contribution in [0.5, 0.6) is 0 Å². The Labute approximate surface area is 114 Å². The molecule has 1 N–H and O–H groups in total. The van der Waals surface area contributed by atoms with Gasteiger partial charge in [-0.25, -0.2) is 4.98 Å². The van der Waals surface area contributed by atoms with Gasteiger partial charge in [-0.1, -0.05) is 29.8 Å². The number of anilines is 1. The first-order chi connectivity index (χ1) is 9.19. The number of aryl methyl sites for hydroxylation is 2. The predicted molar refractivity (Wildman–Crippen MR) is 77.6 cm³/mol. The van der Waals surface area contributed by atoms with Gasteiger partial charge in [0.15, 0.2) is 0 Å². The van der Waals surface area contributed by atoms with Crippen LogP contribution in [0.1, 0.15) is 16.8 Å². The molecule has 19 heavy (non-hydrogen) atoms. The summed E-state index contributed by atoms with van der Waals surface area (Å²) in [6, 6.07) is 8.54. The number of nitrogens with zero attached hydrogens (tertiary/aromatic N) is 2. The SMILES string of the molecule is COCCNc1nc(C)cn1Cc1cccc(C)c1. The molecule has 102 valence electrons. The summed E-state index contributed by atoms with van der Waals surface area (Å²) in [6.07, 6.45) is 2.07. The number of nitrogens with one attached hydrogen (secondary N) is 1. The van der Waals surface area contributed by atoms with Crippen molar-refractivity contribution in [2.24, 2.45) is 0 Å². The number of aromatic nitrogens is 2. The lowest BCUT2D eigenvalue weighted by atomic mass is 10.1. The van der Waals surface area contributed by atoms with Crippen LogP contribution < -0.4 is 5.32 Å². The van der Waals surface area contributed by atoms with E-state index in [0.29, 0.717) is 6.61 Å². The molecule has 0 spiro atoms. The van der Waals surface area contributed by atoms with Gasteiger partial charge in [0.25, 0.3) is 0 Å². The van der Waals surface area contributed by atoms with Crippen molar-refractivity contribution in [3.05, 3.63) is 47.3 Å². The monoisotopic (exact) mass is 259 g/mol. The van der Waals surface area contributed by atoms with E-state index in [2.05, 4.69) is 52.3 Å². The van der Waals surface area contributed by atoms with Crippen molar-refractivity contribution in [1.82, 2.24) is 9.55 Å². The van der Waals surface area contributed by atoms with Crippen LogP contribution in [-0.2, 0) is 11.3 Å². The van der Waals surface area contributed by atoms with Gasteiger partial charge in [0.1, 0.15) is 0 Å². The highest BCUT2D eigenvalue weighted by Crippen LogP contribution is 2.13. The second-order valence-electron chi connectivity index (χ2n) is 4.74. The first kappa shape index (κ1) is 13.6. The summed E-state index contributed by atoms with van der Waals surface area (Å²) in [5, 5.41) is 3.30. The van der Waals surface area contributed by atoms with Crippen LogP contribution in [0.3, 0.4) is 0 Å². The third kappa shape index (κ3) is 3.83. The lowest BCUT2D eigenvalue weighted by Crippen LogP contribution is -2.12. The Hall–Kier alpha value is -1.81. The first-order valence-corrected chi connectivity index (χ1v) is 6.51. The van der Waals surface area contributed by atoms with E-state index in [1.165, 1.54) is 11.1 Å². The highest BCUT2D eigenvalue weighted by atomic mass is 16.5. The summed E-state index contributed by atoms with van der Waals surface area (Å²) in [6.45, 7) is 6.39. The van der Waals surface area contributed by atoms with Gasteiger partial charge in [-0.05, 0) is 19.4 Å². The molecule has 2 rings (SSSR count). The van der Waals surface area contributed by atoms with Crippen molar-refractivity contribution in [1.29, 1.82) is 0 Å². The van der Waals surface area contributed by atoms with Gasteiger partial charge >= 0.3 is 0 Å². The van der Waals surface area contributed by atoms with Crippen LogP contribution in [0.4, 0.5) is 5.95 Å². The molecule has 0 atom stereocenters. The zero-order valence-corrected chi connectivity index (χ0v) is 11.8. The molecule has 0 saturated heterocycles. The summed E-state index contributed by atoms with van der Waals surface area (Å²) < 4.78 is 7.18. The summed E-state index contributed by atoms with van der Waals surface area (Å²) in [5.41, 5.74) is 3.59. The topological polar surface area (TPSA) is 39.1 Å². The number of methoxy groups -OCH3 is 1. The molecule has 0 bridgehead atoms. The first-order valence-electron chi connectivity index (χ1n) is 6.51. The second kappa shape index (κ2) is 6.38. The molecule has 0 aliphatic heterocycles. The molecule has 1 aromatic heterocycles. The van der Waals surface area contributed by atoms with Gasteiger partial charge in [0.05, 0.1) is 18.8 Å². The number of imidazole rings is 1. The molecule has 0 radical (unpaired) electrons. The number of benzene rings is 1. The van der Waals surface area contributed by atoms with Crippen molar-refractivity contribution in [3.63, 3.8) is 0 Å². The van der Waals surface area contributed by atoms with E-state index in [1.54, 1.807) is 7.11 Å². The average Bonchev–Trinajstić information content (AvgIpc) is 2.70. The lowest BCUT2D eigenvalue weighted by molar-refractivity contribution is 0.210. The summed E-state index contributed by atoms with van der Waals surface area (Å²) in [5.74, 6) is 0.899. The second-order valence-corrected chi connectivity index (χ2v) is 4.74. The highest BCUT2D eigenvalue weighted by molar-refractivity contribution is 5.31. The van der Waals surface area contributed by atoms with Crippen molar-refractivity contribution >= 4 is 5.95 Å². The van der Waals surface area contributed by atoms with E-state index in [-0.39, 0.29) is 0 Å². The normalized spacial score (nSPS) is 10.7. The van der Waals surface area contributed by atoms with Gasteiger partial charge in [0.2, 0.25) is 5.95 Å². The standard InChI is InChI=1S/C15H21N3O/c1-12-5-4-6-14(9-12)11-18-10-13(2)17-15(18)16-7-8-19-3/h4-6,9-10H,7-8,11H2,1-3H3,(H,16,17). The summed E-state index contributed by atoms with van der Waals surface area (Å²) in [4.78, 5) is 4.50. The van der Waals surface area contributed by atoms with Crippen molar-refractivity contribution in [2.75, 3.05) is 25.6 Å². The maximum Gasteiger partial charge on any atom is 0.203 e. The lowest BCUT2D eigenvalue weighted by Gasteiger charge is -2.10. The fourth-order valence-corrected chi connectivity index (χ4v) is 2.08. The van der Waals surface area contributed by atoms with Gasteiger partial charge in [-0.15, -0.1) is 0 Å². The maximum absolute atomic E-state index is 5.04. The van der Waals surface area contributed by atoms with E-state index in [0.717, 1.165) is 24.7 Å². The molecular weight excluding hydrogens is 238 g/mol. The maximum atomic E-state index is 5.04. The minimum absolute atomic E-state index is 0.677. The fourth-order valence-electron chi connectivity index (χ4n) is 2.08. The van der Waals surface area contributed by atoms with Gasteiger partial charge in [0, 0.05) is 19.9 Å². The Morgan fingerprint density at radius 3 is 2.89 bits per heavy atom. The molecule has 0 fully saturated rings. The highest BCUT2D eigenvalue weighted by Gasteiger charge is 2.05. The van der Waals surface area contributed by atoms with Crippen LogP contribution >= 0.6 is 0 Å². The fraction of sp³-hybridized carbons (Fsp3) is 0.400. The molecular formula is C15H21N3O. The van der Waals surface area contributed by atoms with Crippen molar-refractivity contribution in [3.8, 4) is 0 Å². The third-order valence-corrected chi connectivity index (χ3v) is 2.92. The van der Waals surface area contributed by atoms with E-state index >= 15 is 0 Å². The Bertz CT molecular complexity index is 534. The molecule has 4 nitrogen and oxygen atoms in total. The van der Waals surface area contributed by atoms with E-state index < -0.39 is 0 Å². The Morgan fingerprint density at radius 2 is 2.16 bits per heavy atom. The van der Waals surface area contributed by atoms with Gasteiger partial charge in [-0.3, -0.25) is 0 Å². The Kier molecular flexibility index (Phi) is 4.58. The van der Waals surface area contributed by atoms with Crippen LogP contribution in [0, 0.1) is 13.8 Å². The number of ether oxygens (including phenoxy) is 1. The minimum atomic E-state index is 0.677. The van der Waals surface area contributed by atoms with E-state index in [9.17, 15) is 0 Å². The summed E-state index contributed by atoms with van der Waals surface area (Å²) in [7, 11) is 1.70. The zero-order chi connectivity index (χ0) is 13.7. The van der Waals surface area contributed by atoms with Crippen molar-refractivity contribution < 1.29 is 4.74 Å². The smallest absolute Gasteiger partial charge is 0.203 e. The zero-order valence-electron chi connectivity index (χ0n) is 11.8. The quantitative estimate of drug-likeness (QED) is 0.810. The molecule has 4 heteroatoms. The predicted octanol–water partition coefficient (Wildman–Crippen LogP) is 2.61. The van der Waals surface area contributed by atoms with Crippen LogP contribution in [0.2, 0.25) is 0 Å². The molecule has 0 unspecified atom stereocenters. The van der Waals surface area contributed by atoms with Gasteiger partial charge in [-0.2, -0.15) is 0 Å². The molecule has 0 saturated carbocycles. The molecule has 1 heterocycles. The molecule has 2 aromatic rings. The van der Waals surface area contributed by atoms with E-state index in [1.807, 2.05) is 6.92 Å². The third-order valence-electron chi connectivity index (χ3n) is 2.92. The molecule has 0 aliphatic rings. The van der Waals surface area contributed by atoms with Gasteiger partial charge < -0.3 is 14.6 Å². The average molecular weight is 259 g/mol. The van der Waals surface area contributed by atoms with E-state index in [4.69, 9.17) is 4.74 Å². The number of hydrogen-bond acceptors (Lipinski definition) is 3. The molecule has 0 amide bonds. The Morgan fingerprint density at radius 1 is 1.32 bits per heavy atom. The van der Waals surface area contributed by atoms with Crippen molar-refractivity contribution in [2.45, 2.75) is 20.4 Å². The largest absolute Gasteiger partial charge is 0.383 e.